The molecule has 2 aromatic rings. The summed E-state index contributed by atoms with van der Waals surface area (Å²) in [5, 5.41) is 0. The van der Waals surface area contributed by atoms with Gasteiger partial charge in [0.25, 0.3) is 0 Å². The monoisotopic (exact) mass is 753 g/mol. The molecule has 1 unspecified atom stereocenters. The van der Waals surface area contributed by atoms with Gasteiger partial charge in [0.15, 0.2) is 0 Å². The molecule has 302 valence electrons. The van der Waals surface area contributed by atoms with Crippen molar-refractivity contribution in [3.05, 3.63) is 58.1 Å². The van der Waals surface area contributed by atoms with Gasteiger partial charge in [-0.3, -0.25) is 0 Å². The molecule has 2 bridgehead atoms. The van der Waals surface area contributed by atoms with Crippen molar-refractivity contribution in [1.82, 2.24) is 0 Å². The lowest BCUT2D eigenvalue weighted by Crippen LogP contribution is -2.17. The number of hydrogen-bond acceptors (Lipinski definition) is 2. The maximum atomic E-state index is 16.0. The minimum Gasteiger partial charge on any atom is -0.414 e. The van der Waals surface area contributed by atoms with Crippen LogP contribution in [-0.2, 0) is 32.1 Å². The van der Waals surface area contributed by atoms with Gasteiger partial charge in [-0.25, -0.2) is 0 Å². The van der Waals surface area contributed by atoms with Crippen molar-refractivity contribution in [2.45, 2.75) is 233 Å². The van der Waals surface area contributed by atoms with Gasteiger partial charge in [-0.15, -0.1) is 4.20 Å². The first kappa shape index (κ1) is 45.8. The van der Waals surface area contributed by atoms with E-state index in [9.17, 15) is 0 Å². The fraction of sp³-hybridized carbons (Fsp3) is 0.755. The van der Waals surface area contributed by atoms with E-state index < -0.39 is 8.69 Å². The van der Waals surface area contributed by atoms with Gasteiger partial charge in [-0.1, -0.05) is 200 Å². The summed E-state index contributed by atoms with van der Waals surface area (Å²) in [5.74, 6) is 2.10. The highest BCUT2D eigenvalue weighted by molar-refractivity contribution is 7.42. The van der Waals surface area contributed by atoms with Crippen molar-refractivity contribution < 1.29 is 13.2 Å². The predicted molar refractivity (Wildman–Crippen MR) is 232 cm³/mol. The smallest absolute Gasteiger partial charge is 0.414 e. The molecule has 0 radical (unpaired) electrons. The predicted octanol–water partition coefficient (Wildman–Crippen LogP) is 17.3. The molecule has 53 heavy (non-hydrogen) atoms. The Morgan fingerprint density at radius 2 is 0.925 bits per heavy atom. The van der Waals surface area contributed by atoms with Gasteiger partial charge in [-0.05, 0) is 97.6 Å². The normalized spacial score (nSPS) is 13.5. The number of benzene rings is 2. The molecule has 0 N–H and O–H groups in total. The van der Waals surface area contributed by atoms with Crippen LogP contribution in [0.2, 0.25) is 0 Å². The molecule has 0 amide bonds. The summed E-state index contributed by atoms with van der Waals surface area (Å²) in [6.45, 7) is 9.13. The molecule has 2 nitrogen and oxygen atoms in total. The number of fused-ring (bicyclic) bond motifs is 2. The quantitative estimate of drug-likeness (QED) is 0.0523. The fourth-order valence-electron chi connectivity index (χ4n) is 8.41. The maximum absolute atomic E-state index is 16.0. The zero-order chi connectivity index (χ0) is 37.8. The minimum atomic E-state index is -2.58. The first-order chi connectivity index (χ1) is 26.1. The number of halogens is 1. The Kier molecular flexibility index (Phi) is 25.6. The van der Waals surface area contributed by atoms with Crippen LogP contribution in [0.5, 0.6) is 11.5 Å². The van der Waals surface area contributed by atoms with Gasteiger partial charge in [0.2, 0.25) is 0 Å². The van der Waals surface area contributed by atoms with E-state index in [0.717, 1.165) is 49.8 Å². The largest absolute Gasteiger partial charge is 0.505 e. The van der Waals surface area contributed by atoms with Crippen LogP contribution in [0.25, 0.3) is 0 Å². The summed E-state index contributed by atoms with van der Waals surface area (Å²) in [6.07, 6.45) is 40.4. The van der Waals surface area contributed by atoms with Crippen LogP contribution < -0.4 is 9.05 Å². The SMILES string of the molecule is CCCCCCCCCc1ccc(OP(F)Oc2c3cc(CCCCCCCCC)cc2CC(CCCCCCC)C3)c(CCCCCCCCC)c1. The van der Waals surface area contributed by atoms with Crippen molar-refractivity contribution in [3.63, 3.8) is 0 Å². The van der Waals surface area contributed by atoms with Crippen LogP contribution in [0.4, 0.5) is 4.20 Å². The summed E-state index contributed by atoms with van der Waals surface area (Å²) in [5.41, 5.74) is 6.37. The van der Waals surface area contributed by atoms with E-state index >= 15 is 4.20 Å². The summed E-state index contributed by atoms with van der Waals surface area (Å²) in [4.78, 5) is 0. The molecule has 0 spiro atoms. The lowest BCUT2D eigenvalue weighted by Gasteiger charge is -2.28. The average molecular weight is 753 g/mol. The maximum Gasteiger partial charge on any atom is 0.505 e. The number of unbranched alkanes of at least 4 members (excludes halogenated alkanes) is 22. The number of aryl methyl sites for hydroxylation is 3. The molecule has 0 saturated heterocycles. The van der Waals surface area contributed by atoms with Crippen molar-refractivity contribution in [2.24, 2.45) is 5.92 Å². The van der Waals surface area contributed by atoms with Crippen molar-refractivity contribution >= 4 is 8.69 Å². The summed E-state index contributed by atoms with van der Waals surface area (Å²) >= 11 is 0. The highest BCUT2D eigenvalue weighted by atomic mass is 31.2. The number of hydrogen-bond donors (Lipinski definition) is 0. The van der Waals surface area contributed by atoms with E-state index in [4.69, 9.17) is 9.05 Å². The van der Waals surface area contributed by atoms with Crippen LogP contribution in [0.3, 0.4) is 0 Å². The second kappa shape index (κ2) is 29.7. The molecule has 0 aromatic heterocycles. The van der Waals surface area contributed by atoms with Gasteiger partial charge in [0.1, 0.15) is 11.5 Å². The standard InChI is InChI=1S/C49H82FO2P/c1-5-9-13-17-20-24-27-31-42-35-36-48(45(37-42)34-30-26-22-19-15-11-7-3)51-53(50)52-49-46-38-43(32-28-23-16-12-8-4)39-47(49)41-44(40-46)33-29-25-21-18-14-10-6-2/h35-37,40-41,43H,5-34,38-39H2,1-4H3. The molecule has 0 aliphatic heterocycles. The Bertz CT molecular complexity index is 1170. The molecule has 1 aliphatic rings. The van der Waals surface area contributed by atoms with E-state index in [2.05, 4.69) is 52.0 Å². The van der Waals surface area contributed by atoms with E-state index in [0.29, 0.717) is 11.7 Å². The van der Waals surface area contributed by atoms with Crippen LogP contribution in [0.15, 0.2) is 30.3 Å². The third-order valence-corrected chi connectivity index (χ3v) is 12.3. The van der Waals surface area contributed by atoms with Crippen LogP contribution in [0.1, 0.15) is 229 Å². The summed E-state index contributed by atoms with van der Waals surface area (Å²) in [6, 6.07) is 11.2. The van der Waals surface area contributed by atoms with E-state index in [1.807, 2.05) is 6.07 Å². The number of rotatable bonds is 34. The average Bonchev–Trinajstić information content (AvgIpc) is 3.15. The third kappa shape index (κ3) is 19.7. The third-order valence-electron chi connectivity index (χ3n) is 11.7. The van der Waals surface area contributed by atoms with Crippen molar-refractivity contribution in [2.75, 3.05) is 0 Å². The van der Waals surface area contributed by atoms with Gasteiger partial charge in [0, 0.05) is 0 Å². The molecule has 3 rings (SSSR count). The fourth-order valence-corrected chi connectivity index (χ4v) is 9.16. The lowest BCUT2D eigenvalue weighted by atomic mass is 9.80. The molecule has 4 heteroatoms. The van der Waals surface area contributed by atoms with Crippen LogP contribution >= 0.6 is 8.69 Å². The van der Waals surface area contributed by atoms with Crippen LogP contribution in [-0.4, -0.2) is 0 Å². The lowest BCUT2D eigenvalue weighted by molar-refractivity contribution is 0.395. The second-order valence-electron chi connectivity index (χ2n) is 16.7. The zero-order valence-electron chi connectivity index (χ0n) is 35.2. The van der Waals surface area contributed by atoms with E-state index in [1.54, 1.807) is 0 Å². The Balaban J connectivity index is 1.65. The van der Waals surface area contributed by atoms with Crippen molar-refractivity contribution in [3.8, 4) is 11.5 Å². The van der Waals surface area contributed by atoms with Gasteiger partial charge in [0.05, 0.1) is 0 Å². The van der Waals surface area contributed by atoms with Crippen LogP contribution in [0, 0.1) is 5.92 Å². The molecule has 0 heterocycles. The van der Waals surface area contributed by atoms with Crippen molar-refractivity contribution in [1.29, 1.82) is 0 Å². The molecular weight excluding hydrogens is 671 g/mol. The van der Waals surface area contributed by atoms with Gasteiger partial charge in [-0.2, -0.15) is 0 Å². The topological polar surface area (TPSA) is 18.5 Å². The van der Waals surface area contributed by atoms with Gasteiger partial charge >= 0.3 is 8.69 Å². The first-order valence-electron chi connectivity index (χ1n) is 23.2. The molecule has 1 atom stereocenters. The van der Waals surface area contributed by atoms with E-state index in [-0.39, 0.29) is 0 Å². The van der Waals surface area contributed by atoms with E-state index in [1.165, 1.54) is 189 Å². The zero-order valence-corrected chi connectivity index (χ0v) is 36.1. The minimum absolute atomic E-state index is 0.630. The Morgan fingerprint density at radius 3 is 1.43 bits per heavy atom. The summed E-state index contributed by atoms with van der Waals surface area (Å²) < 4.78 is 28.4. The second-order valence-corrected chi connectivity index (χ2v) is 17.5. The molecular formula is C49H82FO2P. The van der Waals surface area contributed by atoms with Gasteiger partial charge < -0.3 is 9.05 Å². The molecule has 2 aromatic carbocycles. The Hall–Kier alpha value is -1.60. The Labute approximate surface area is 329 Å². The molecule has 0 saturated carbocycles. The highest BCUT2D eigenvalue weighted by Gasteiger charge is 2.28. The highest BCUT2D eigenvalue weighted by Crippen LogP contribution is 2.48. The molecule has 0 fully saturated rings. The Morgan fingerprint density at radius 1 is 0.491 bits per heavy atom. The molecule has 1 aliphatic carbocycles. The first-order valence-corrected chi connectivity index (χ1v) is 24.2. The summed E-state index contributed by atoms with van der Waals surface area (Å²) in [7, 11) is -2.58.